The maximum atomic E-state index is 13.6. The lowest BCUT2D eigenvalue weighted by Crippen LogP contribution is -2.34. The normalized spacial score (nSPS) is 12.1. The molecule has 0 spiro atoms. The molecule has 0 saturated carbocycles. The molecule has 6 nitrogen and oxygen atoms in total. The van der Waals surface area contributed by atoms with E-state index in [1.807, 2.05) is 13.8 Å². The monoisotopic (exact) mass is 385 g/mol. The number of rotatable bonds is 5. The van der Waals surface area contributed by atoms with E-state index in [2.05, 4.69) is 15.3 Å². The van der Waals surface area contributed by atoms with E-state index in [0.29, 0.717) is 5.82 Å². The van der Waals surface area contributed by atoms with Gasteiger partial charge in [-0.15, -0.1) is 0 Å². The molecule has 1 aromatic carbocycles. The van der Waals surface area contributed by atoms with Crippen molar-refractivity contribution >= 4 is 35.1 Å². The van der Waals surface area contributed by atoms with Crippen LogP contribution in [0, 0.1) is 5.82 Å². The molecule has 2 rings (SSSR count). The Bertz CT molecular complexity index is 830. The highest BCUT2D eigenvalue weighted by Gasteiger charge is 2.26. The van der Waals surface area contributed by atoms with Gasteiger partial charge < -0.3 is 10.4 Å². The molecule has 1 aromatic heterocycles. The highest BCUT2D eigenvalue weighted by molar-refractivity contribution is 6.33. The molecule has 0 fully saturated rings. The standard InChI is InChI=1S/C16H14Cl2FN3O3/c1-7(2)14-20-6-10(18)13(21-14)15(23)22-12(16(24)25)8-3-4-9(17)11(19)5-8/h3-7,12H,1-2H3,(H,22,23)(H,24,25). The van der Waals surface area contributed by atoms with Gasteiger partial charge in [0.1, 0.15) is 17.3 Å². The van der Waals surface area contributed by atoms with Crippen molar-refractivity contribution in [2.24, 2.45) is 0 Å². The van der Waals surface area contributed by atoms with Crippen LogP contribution in [0.15, 0.2) is 24.4 Å². The highest BCUT2D eigenvalue weighted by Crippen LogP contribution is 2.22. The number of aliphatic carboxylic acids is 1. The van der Waals surface area contributed by atoms with Gasteiger partial charge in [-0.05, 0) is 17.7 Å². The number of carboxylic acid groups (broad SMARTS) is 1. The molecule has 1 heterocycles. The second-order valence-electron chi connectivity index (χ2n) is 5.50. The van der Waals surface area contributed by atoms with E-state index in [4.69, 9.17) is 23.2 Å². The first-order valence-electron chi connectivity index (χ1n) is 7.21. The average molecular weight is 386 g/mol. The molecule has 1 unspecified atom stereocenters. The predicted molar refractivity (Wildman–Crippen MR) is 90.4 cm³/mol. The summed E-state index contributed by atoms with van der Waals surface area (Å²) in [6.07, 6.45) is 1.27. The first-order chi connectivity index (χ1) is 11.7. The number of nitrogens with zero attached hydrogens (tertiary/aromatic N) is 2. The van der Waals surface area contributed by atoms with E-state index in [1.165, 1.54) is 18.3 Å². The summed E-state index contributed by atoms with van der Waals surface area (Å²) < 4.78 is 13.6. The number of amides is 1. The number of carboxylic acids is 1. The number of halogens is 3. The molecule has 1 atom stereocenters. The average Bonchev–Trinajstić information content (AvgIpc) is 2.55. The van der Waals surface area contributed by atoms with Crippen LogP contribution in [0.1, 0.15) is 47.7 Å². The summed E-state index contributed by atoms with van der Waals surface area (Å²) in [7, 11) is 0. The van der Waals surface area contributed by atoms with Gasteiger partial charge in [-0.2, -0.15) is 0 Å². The van der Waals surface area contributed by atoms with Gasteiger partial charge in [0, 0.05) is 5.92 Å². The number of benzene rings is 1. The molecule has 0 aliphatic heterocycles. The molecule has 0 saturated heterocycles. The Morgan fingerprint density at radius 3 is 2.48 bits per heavy atom. The molecule has 25 heavy (non-hydrogen) atoms. The van der Waals surface area contributed by atoms with Crippen molar-refractivity contribution in [3.8, 4) is 0 Å². The molecule has 1 amide bonds. The number of hydrogen-bond acceptors (Lipinski definition) is 4. The van der Waals surface area contributed by atoms with Gasteiger partial charge in [0.2, 0.25) is 0 Å². The second kappa shape index (κ2) is 7.76. The Kier molecular flexibility index (Phi) is 5.92. The van der Waals surface area contributed by atoms with Gasteiger partial charge >= 0.3 is 5.97 Å². The summed E-state index contributed by atoms with van der Waals surface area (Å²) >= 11 is 11.5. The minimum atomic E-state index is -1.49. The Balaban J connectivity index is 2.34. The van der Waals surface area contributed by atoms with Gasteiger partial charge in [0.05, 0.1) is 16.2 Å². The highest BCUT2D eigenvalue weighted by atomic mass is 35.5. The van der Waals surface area contributed by atoms with Crippen molar-refractivity contribution in [1.82, 2.24) is 15.3 Å². The number of hydrogen-bond donors (Lipinski definition) is 2. The summed E-state index contributed by atoms with van der Waals surface area (Å²) in [4.78, 5) is 32.0. The van der Waals surface area contributed by atoms with Gasteiger partial charge in [-0.3, -0.25) is 4.79 Å². The van der Waals surface area contributed by atoms with Gasteiger partial charge in [-0.1, -0.05) is 43.1 Å². The number of carbonyl (C=O) groups excluding carboxylic acids is 1. The molecular formula is C16H14Cl2FN3O3. The Morgan fingerprint density at radius 1 is 1.24 bits per heavy atom. The largest absolute Gasteiger partial charge is 0.479 e. The molecule has 132 valence electrons. The van der Waals surface area contributed by atoms with Crippen molar-refractivity contribution in [2.45, 2.75) is 25.8 Å². The SMILES string of the molecule is CC(C)c1ncc(Cl)c(C(=O)NC(C(=O)O)c2ccc(Cl)c(F)c2)n1. The van der Waals surface area contributed by atoms with Gasteiger partial charge in [0.25, 0.3) is 5.91 Å². The van der Waals surface area contributed by atoms with Crippen LogP contribution >= 0.6 is 23.2 Å². The summed E-state index contributed by atoms with van der Waals surface area (Å²) in [5, 5.41) is 11.5. The lowest BCUT2D eigenvalue weighted by molar-refractivity contribution is -0.139. The van der Waals surface area contributed by atoms with E-state index in [9.17, 15) is 19.1 Å². The van der Waals surface area contributed by atoms with E-state index in [-0.39, 0.29) is 27.2 Å². The smallest absolute Gasteiger partial charge is 0.330 e. The van der Waals surface area contributed by atoms with Crippen molar-refractivity contribution in [3.05, 3.63) is 57.3 Å². The third-order valence-electron chi connectivity index (χ3n) is 3.29. The third-order valence-corrected chi connectivity index (χ3v) is 3.88. The van der Waals surface area contributed by atoms with E-state index in [1.54, 1.807) is 0 Å². The van der Waals surface area contributed by atoms with Crippen molar-refractivity contribution in [1.29, 1.82) is 0 Å². The Hall–Kier alpha value is -2.25. The molecular weight excluding hydrogens is 372 g/mol. The fourth-order valence-electron chi connectivity index (χ4n) is 2.00. The zero-order chi connectivity index (χ0) is 18.7. The van der Waals surface area contributed by atoms with Crippen molar-refractivity contribution in [3.63, 3.8) is 0 Å². The molecule has 2 N–H and O–H groups in total. The second-order valence-corrected chi connectivity index (χ2v) is 6.31. The Morgan fingerprint density at radius 2 is 1.92 bits per heavy atom. The summed E-state index contributed by atoms with van der Waals surface area (Å²) in [6.45, 7) is 3.67. The van der Waals surface area contributed by atoms with Crippen LogP contribution in [0.4, 0.5) is 4.39 Å². The Labute approximate surface area is 153 Å². The van der Waals surface area contributed by atoms with Crippen LogP contribution in [0.25, 0.3) is 0 Å². The van der Waals surface area contributed by atoms with Crippen LogP contribution in [-0.2, 0) is 4.79 Å². The molecule has 2 aromatic rings. The van der Waals surface area contributed by atoms with Crippen molar-refractivity contribution in [2.75, 3.05) is 0 Å². The van der Waals surface area contributed by atoms with Crippen molar-refractivity contribution < 1.29 is 19.1 Å². The van der Waals surface area contributed by atoms with Crippen LogP contribution < -0.4 is 5.32 Å². The zero-order valence-corrected chi connectivity index (χ0v) is 14.8. The fourth-order valence-corrected chi connectivity index (χ4v) is 2.29. The summed E-state index contributed by atoms with van der Waals surface area (Å²) in [5.74, 6) is -2.63. The van der Waals surface area contributed by atoms with Crippen LogP contribution in [-0.4, -0.2) is 27.0 Å². The first kappa shape index (κ1) is 19.1. The maximum Gasteiger partial charge on any atom is 0.330 e. The topological polar surface area (TPSA) is 92.2 Å². The molecule has 0 aliphatic rings. The minimum Gasteiger partial charge on any atom is -0.479 e. The van der Waals surface area contributed by atoms with Crippen LogP contribution in [0.2, 0.25) is 10.0 Å². The molecule has 0 radical (unpaired) electrons. The lowest BCUT2D eigenvalue weighted by Gasteiger charge is -2.16. The van der Waals surface area contributed by atoms with Gasteiger partial charge in [0.15, 0.2) is 6.04 Å². The number of aromatic nitrogens is 2. The summed E-state index contributed by atoms with van der Waals surface area (Å²) in [6, 6.07) is 1.98. The minimum absolute atomic E-state index is 0.0201. The molecule has 0 aliphatic carbocycles. The first-order valence-corrected chi connectivity index (χ1v) is 7.97. The summed E-state index contributed by atoms with van der Waals surface area (Å²) in [5.41, 5.74) is -0.127. The van der Waals surface area contributed by atoms with E-state index >= 15 is 0 Å². The maximum absolute atomic E-state index is 13.6. The van der Waals surface area contributed by atoms with Gasteiger partial charge in [-0.25, -0.2) is 19.2 Å². The van der Waals surface area contributed by atoms with Crippen LogP contribution in [0.3, 0.4) is 0 Å². The van der Waals surface area contributed by atoms with E-state index < -0.39 is 23.7 Å². The van der Waals surface area contributed by atoms with E-state index in [0.717, 1.165) is 6.07 Å². The fraction of sp³-hybridized carbons (Fsp3) is 0.250. The number of nitrogens with one attached hydrogen (secondary N) is 1. The predicted octanol–water partition coefficient (Wildman–Crippen LogP) is 3.60. The molecule has 9 heteroatoms. The molecule has 0 bridgehead atoms. The zero-order valence-electron chi connectivity index (χ0n) is 13.3. The quantitative estimate of drug-likeness (QED) is 0.819. The third kappa shape index (κ3) is 4.43. The van der Waals surface area contributed by atoms with Crippen LogP contribution in [0.5, 0.6) is 0 Å². The lowest BCUT2D eigenvalue weighted by atomic mass is 10.1. The number of carbonyl (C=O) groups is 2.